The zero-order valence-corrected chi connectivity index (χ0v) is 12.8. The van der Waals surface area contributed by atoms with Crippen LogP contribution >= 0.6 is 11.8 Å². The van der Waals surface area contributed by atoms with E-state index in [9.17, 15) is 0 Å². The molecule has 0 amide bonds. The van der Waals surface area contributed by atoms with Gasteiger partial charge >= 0.3 is 0 Å². The van der Waals surface area contributed by atoms with E-state index in [2.05, 4.69) is 23.7 Å². The summed E-state index contributed by atoms with van der Waals surface area (Å²) in [5.74, 6) is 1.91. The minimum Gasteiger partial charge on any atom is -0.496 e. The predicted molar refractivity (Wildman–Crippen MR) is 80.7 cm³/mol. The third kappa shape index (κ3) is 3.57. The van der Waals surface area contributed by atoms with Crippen molar-refractivity contribution in [2.45, 2.75) is 36.6 Å². The molecule has 0 aliphatic carbocycles. The van der Waals surface area contributed by atoms with Gasteiger partial charge in [-0.1, -0.05) is 6.42 Å². The monoisotopic (exact) mass is 281 g/mol. The van der Waals surface area contributed by atoms with E-state index >= 15 is 0 Å². The van der Waals surface area contributed by atoms with Gasteiger partial charge in [0.1, 0.15) is 11.5 Å². The van der Waals surface area contributed by atoms with Gasteiger partial charge in [0.2, 0.25) is 0 Å². The molecule has 0 radical (unpaired) electrons. The Kier molecular flexibility index (Phi) is 5.40. The van der Waals surface area contributed by atoms with Gasteiger partial charge in [-0.15, -0.1) is 11.8 Å². The van der Waals surface area contributed by atoms with E-state index in [1.54, 1.807) is 26.0 Å². The van der Waals surface area contributed by atoms with E-state index < -0.39 is 0 Å². The average Bonchev–Trinajstić information content (AvgIpc) is 2.47. The second-order valence-corrected chi connectivity index (χ2v) is 5.72. The highest BCUT2D eigenvalue weighted by Gasteiger charge is 2.17. The van der Waals surface area contributed by atoms with Crippen LogP contribution in [0.15, 0.2) is 17.0 Å². The first kappa shape index (κ1) is 14.5. The third-order valence-corrected chi connectivity index (χ3v) is 4.42. The van der Waals surface area contributed by atoms with E-state index in [0.717, 1.165) is 29.4 Å². The molecule has 4 heteroatoms. The molecule has 1 N–H and O–H groups in total. The van der Waals surface area contributed by atoms with Crippen molar-refractivity contribution in [1.29, 1.82) is 0 Å². The lowest BCUT2D eigenvalue weighted by Crippen LogP contribution is -2.35. The number of hydrogen-bond donors (Lipinski definition) is 1. The zero-order valence-electron chi connectivity index (χ0n) is 12.0. The number of methoxy groups -OCH3 is 2. The van der Waals surface area contributed by atoms with Crippen molar-refractivity contribution in [3.05, 3.63) is 17.7 Å². The van der Waals surface area contributed by atoms with Crippen LogP contribution in [0.25, 0.3) is 0 Å². The smallest absolute Gasteiger partial charge is 0.132 e. The second-order valence-electron chi connectivity index (χ2n) is 4.87. The standard InChI is InChI=1S/C15H23NO2S/c1-17-13-10-15(19-3)14(18-2)9-11(13)8-12-6-4-5-7-16-12/h9-10,12,16H,4-8H2,1-3H3. The summed E-state index contributed by atoms with van der Waals surface area (Å²) in [5.41, 5.74) is 1.23. The Bertz CT molecular complexity index is 417. The molecule has 1 aliphatic rings. The maximum Gasteiger partial charge on any atom is 0.132 e. The summed E-state index contributed by atoms with van der Waals surface area (Å²) < 4.78 is 11.0. The second kappa shape index (κ2) is 7.06. The van der Waals surface area contributed by atoms with Gasteiger partial charge < -0.3 is 14.8 Å². The largest absolute Gasteiger partial charge is 0.496 e. The number of hydrogen-bond acceptors (Lipinski definition) is 4. The van der Waals surface area contributed by atoms with Crippen molar-refractivity contribution < 1.29 is 9.47 Å². The van der Waals surface area contributed by atoms with Crippen molar-refractivity contribution in [3.63, 3.8) is 0 Å². The minimum atomic E-state index is 0.562. The summed E-state index contributed by atoms with van der Waals surface area (Å²) in [5, 5.41) is 3.58. The quantitative estimate of drug-likeness (QED) is 0.840. The number of nitrogens with one attached hydrogen (secondary N) is 1. The molecule has 2 rings (SSSR count). The Balaban J connectivity index is 2.21. The van der Waals surface area contributed by atoms with Crippen molar-refractivity contribution in [3.8, 4) is 11.5 Å². The highest BCUT2D eigenvalue weighted by atomic mass is 32.2. The molecular weight excluding hydrogens is 258 g/mol. The van der Waals surface area contributed by atoms with Crippen molar-refractivity contribution in [2.75, 3.05) is 27.0 Å². The molecule has 19 heavy (non-hydrogen) atoms. The number of ether oxygens (including phenoxy) is 2. The highest BCUT2D eigenvalue weighted by molar-refractivity contribution is 7.98. The normalized spacial score (nSPS) is 19.2. The van der Waals surface area contributed by atoms with Gasteiger partial charge in [0, 0.05) is 6.04 Å². The van der Waals surface area contributed by atoms with Crippen LogP contribution in [0.2, 0.25) is 0 Å². The fourth-order valence-corrected chi connectivity index (χ4v) is 3.18. The molecule has 1 atom stereocenters. The SMILES string of the molecule is COc1cc(SC)c(OC)cc1CC1CCCCN1. The lowest BCUT2D eigenvalue weighted by atomic mass is 9.97. The van der Waals surface area contributed by atoms with Gasteiger partial charge in [-0.05, 0) is 49.8 Å². The summed E-state index contributed by atoms with van der Waals surface area (Å²) in [7, 11) is 3.47. The summed E-state index contributed by atoms with van der Waals surface area (Å²) in [6, 6.07) is 4.77. The van der Waals surface area contributed by atoms with E-state index in [-0.39, 0.29) is 0 Å². The summed E-state index contributed by atoms with van der Waals surface area (Å²) in [4.78, 5) is 1.12. The van der Waals surface area contributed by atoms with Crippen molar-refractivity contribution in [2.24, 2.45) is 0 Å². The molecule has 0 spiro atoms. The highest BCUT2D eigenvalue weighted by Crippen LogP contribution is 2.35. The molecular formula is C15H23NO2S. The van der Waals surface area contributed by atoms with Crippen LogP contribution in [0.3, 0.4) is 0 Å². The lowest BCUT2D eigenvalue weighted by Gasteiger charge is -2.24. The van der Waals surface area contributed by atoms with E-state index in [0.29, 0.717) is 6.04 Å². The van der Waals surface area contributed by atoms with Crippen LogP contribution in [-0.2, 0) is 6.42 Å². The van der Waals surface area contributed by atoms with Gasteiger partial charge in [0.25, 0.3) is 0 Å². The van der Waals surface area contributed by atoms with Crippen molar-refractivity contribution in [1.82, 2.24) is 5.32 Å². The van der Waals surface area contributed by atoms with Crippen LogP contribution in [-0.4, -0.2) is 33.1 Å². The molecule has 1 unspecified atom stereocenters. The molecule has 1 aromatic rings. The van der Waals surface area contributed by atoms with E-state index in [4.69, 9.17) is 9.47 Å². The average molecular weight is 281 g/mol. The number of thioether (sulfide) groups is 1. The van der Waals surface area contributed by atoms with Crippen LogP contribution in [0, 0.1) is 0 Å². The number of rotatable bonds is 5. The van der Waals surface area contributed by atoms with Gasteiger partial charge in [0.05, 0.1) is 19.1 Å². The third-order valence-electron chi connectivity index (χ3n) is 3.67. The fourth-order valence-electron chi connectivity index (χ4n) is 2.62. The molecule has 1 heterocycles. The van der Waals surface area contributed by atoms with E-state index in [1.807, 2.05) is 0 Å². The van der Waals surface area contributed by atoms with Crippen LogP contribution in [0.4, 0.5) is 0 Å². The molecule has 106 valence electrons. The summed E-state index contributed by atoms with van der Waals surface area (Å²) in [6.45, 7) is 1.13. The van der Waals surface area contributed by atoms with Gasteiger partial charge in [-0.3, -0.25) is 0 Å². The molecule has 1 aromatic carbocycles. The van der Waals surface area contributed by atoms with Gasteiger partial charge in [0.15, 0.2) is 0 Å². The molecule has 1 fully saturated rings. The summed E-state index contributed by atoms with van der Waals surface area (Å²) in [6.07, 6.45) is 6.92. The van der Waals surface area contributed by atoms with E-state index in [1.165, 1.54) is 24.8 Å². The fraction of sp³-hybridized carbons (Fsp3) is 0.600. The maximum atomic E-state index is 5.53. The first-order valence-corrected chi connectivity index (χ1v) is 8.03. The molecule has 1 aliphatic heterocycles. The van der Waals surface area contributed by atoms with Gasteiger partial charge in [-0.25, -0.2) is 0 Å². The molecule has 0 saturated carbocycles. The number of benzene rings is 1. The molecule has 1 saturated heterocycles. The lowest BCUT2D eigenvalue weighted by molar-refractivity contribution is 0.373. The maximum absolute atomic E-state index is 5.53. The number of piperidine rings is 1. The van der Waals surface area contributed by atoms with Crippen molar-refractivity contribution >= 4 is 11.8 Å². The van der Waals surface area contributed by atoms with Crippen LogP contribution in [0.1, 0.15) is 24.8 Å². The predicted octanol–water partition coefficient (Wildman–Crippen LogP) is 3.11. The molecule has 0 aromatic heterocycles. The first-order valence-electron chi connectivity index (χ1n) is 6.80. The Morgan fingerprint density at radius 3 is 2.58 bits per heavy atom. The Hall–Kier alpha value is -0.870. The molecule has 3 nitrogen and oxygen atoms in total. The minimum absolute atomic E-state index is 0.562. The topological polar surface area (TPSA) is 30.5 Å². The molecule has 0 bridgehead atoms. The first-order chi connectivity index (χ1) is 9.28. The van der Waals surface area contributed by atoms with Gasteiger partial charge in [-0.2, -0.15) is 0 Å². The van der Waals surface area contributed by atoms with Crippen LogP contribution in [0.5, 0.6) is 11.5 Å². The zero-order chi connectivity index (χ0) is 13.7. The Labute approximate surface area is 120 Å². The van der Waals surface area contributed by atoms with Crippen LogP contribution < -0.4 is 14.8 Å². The summed E-state index contributed by atoms with van der Waals surface area (Å²) >= 11 is 1.68. The Morgan fingerprint density at radius 2 is 2.00 bits per heavy atom. The Morgan fingerprint density at radius 1 is 1.21 bits per heavy atom.